The summed E-state index contributed by atoms with van der Waals surface area (Å²) in [6.45, 7) is 5.17. The molecule has 0 aromatic heterocycles. The van der Waals surface area contributed by atoms with E-state index in [1.165, 1.54) is 0 Å². The van der Waals surface area contributed by atoms with Gasteiger partial charge in [-0.3, -0.25) is 9.59 Å². The molecular weight excluding hydrogens is 206 g/mol. The summed E-state index contributed by atoms with van der Waals surface area (Å²) in [5.74, 6) is -0.114. The largest absolute Gasteiger partial charge is 0.344 e. The molecule has 2 amide bonds. The summed E-state index contributed by atoms with van der Waals surface area (Å²) in [7, 11) is 1.73. The molecule has 1 unspecified atom stereocenters. The summed E-state index contributed by atoms with van der Waals surface area (Å²) in [5, 5.41) is 5.85. The van der Waals surface area contributed by atoms with Gasteiger partial charge in [-0.05, 0) is 33.2 Å². The minimum absolute atomic E-state index is 0.0474. The first-order valence-electron chi connectivity index (χ1n) is 5.85. The van der Waals surface area contributed by atoms with Gasteiger partial charge in [-0.15, -0.1) is 0 Å². The van der Waals surface area contributed by atoms with Crippen molar-refractivity contribution >= 4 is 11.8 Å². The third-order valence-electron chi connectivity index (χ3n) is 2.96. The zero-order valence-electron chi connectivity index (χ0n) is 10.2. The number of nitrogens with zero attached hydrogens (tertiary/aromatic N) is 1. The van der Waals surface area contributed by atoms with E-state index in [-0.39, 0.29) is 17.9 Å². The predicted octanol–water partition coefficient (Wildman–Crippen LogP) is -0.279. The Morgan fingerprint density at radius 2 is 2.25 bits per heavy atom. The minimum Gasteiger partial charge on any atom is -0.344 e. The number of rotatable bonds is 4. The van der Waals surface area contributed by atoms with Gasteiger partial charge in [-0.25, -0.2) is 0 Å². The first kappa shape index (κ1) is 13.0. The summed E-state index contributed by atoms with van der Waals surface area (Å²) in [4.78, 5) is 25.0. The van der Waals surface area contributed by atoms with E-state index in [9.17, 15) is 9.59 Å². The van der Waals surface area contributed by atoms with Crippen molar-refractivity contribution in [2.45, 2.75) is 38.8 Å². The van der Waals surface area contributed by atoms with Crippen LogP contribution in [0.4, 0.5) is 0 Å². The van der Waals surface area contributed by atoms with Crippen molar-refractivity contribution in [1.29, 1.82) is 0 Å². The SMILES string of the molecule is CCN(C)C(=O)C(C)NC(=O)[C@@H]1CCCN1. The summed E-state index contributed by atoms with van der Waals surface area (Å²) in [6.07, 6.45) is 1.88. The number of likely N-dealkylation sites (N-methyl/N-ethyl adjacent to an activating group) is 1. The summed E-state index contributed by atoms with van der Waals surface area (Å²) < 4.78 is 0. The standard InChI is InChI=1S/C11H21N3O2/c1-4-14(3)11(16)8(2)13-10(15)9-6-5-7-12-9/h8-9,12H,4-7H2,1-3H3,(H,13,15)/t8?,9-/m0/s1. The number of carbonyl (C=O) groups excluding carboxylic acids is 2. The quantitative estimate of drug-likeness (QED) is 0.694. The van der Waals surface area contributed by atoms with Crippen LogP contribution in [0, 0.1) is 0 Å². The van der Waals surface area contributed by atoms with Gasteiger partial charge in [0.1, 0.15) is 6.04 Å². The second-order valence-corrected chi connectivity index (χ2v) is 4.23. The van der Waals surface area contributed by atoms with E-state index in [1.54, 1.807) is 18.9 Å². The highest BCUT2D eigenvalue weighted by atomic mass is 16.2. The van der Waals surface area contributed by atoms with E-state index in [0.29, 0.717) is 6.54 Å². The Morgan fingerprint density at radius 1 is 1.56 bits per heavy atom. The fourth-order valence-corrected chi connectivity index (χ4v) is 1.77. The second kappa shape index (κ2) is 5.84. The number of nitrogens with one attached hydrogen (secondary N) is 2. The van der Waals surface area contributed by atoms with Crippen LogP contribution in [0.5, 0.6) is 0 Å². The lowest BCUT2D eigenvalue weighted by Gasteiger charge is -2.21. The first-order chi connectivity index (χ1) is 7.56. The lowest BCUT2D eigenvalue weighted by atomic mass is 10.2. The van der Waals surface area contributed by atoms with Gasteiger partial charge in [0.25, 0.3) is 0 Å². The molecule has 5 heteroatoms. The zero-order valence-corrected chi connectivity index (χ0v) is 10.2. The number of hydrogen-bond acceptors (Lipinski definition) is 3. The van der Waals surface area contributed by atoms with Gasteiger partial charge in [-0.2, -0.15) is 0 Å². The van der Waals surface area contributed by atoms with Gasteiger partial charge < -0.3 is 15.5 Å². The van der Waals surface area contributed by atoms with Gasteiger partial charge in [0.15, 0.2) is 0 Å². The Morgan fingerprint density at radius 3 is 2.75 bits per heavy atom. The molecule has 2 atom stereocenters. The van der Waals surface area contributed by atoms with E-state index in [4.69, 9.17) is 0 Å². The highest BCUT2D eigenvalue weighted by Crippen LogP contribution is 2.05. The highest BCUT2D eigenvalue weighted by molar-refractivity contribution is 5.89. The van der Waals surface area contributed by atoms with Crippen LogP contribution in [-0.4, -0.2) is 48.9 Å². The number of carbonyl (C=O) groups is 2. The van der Waals surface area contributed by atoms with Crippen LogP contribution < -0.4 is 10.6 Å². The van der Waals surface area contributed by atoms with Crippen molar-refractivity contribution in [3.8, 4) is 0 Å². The van der Waals surface area contributed by atoms with E-state index in [2.05, 4.69) is 10.6 Å². The Labute approximate surface area is 96.6 Å². The third-order valence-corrected chi connectivity index (χ3v) is 2.96. The molecule has 1 aliphatic rings. The average molecular weight is 227 g/mol. The molecule has 2 N–H and O–H groups in total. The first-order valence-corrected chi connectivity index (χ1v) is 5.85. The molecule has 5 nitrogen and oxygen atoms in total. The van der Waals surface area contributed by atoms with Crippen LogP contribution >= 0.6 is 0 Å². The average Bonchev–Trinajstić information content (AvgIpc) is 2.80. The predicted molar refractivity (Wildman–Crippen MR) is 61.9 cm³/mol. The smallest absolute Gasteiger partial charge is 0.244 e. The van der Waals surface area contributed by atoms with Gasteiger partial charge in [0.2, 0.25) is 11.8 Å². The Kier molecular flexibility index (Phi) is 4.73. The second-order valence-electron chi connectivity index (χ2n) is 4.23. The van der Waals surface area contributed by atoms with E-state index >= 15 is 0 Å². The maximum atomic E-state index is 11.7. The molecule has 0 bridgehead atoms. The monoisotopic (exact) mass is 227 g/mol. The maximum absolute atomic E-state index is 11.7. The Bertz CT molecular complexity index is 262. The molecule has 1 heterocycles. The number of hydrogen-bond donors (Lipinski definition) is 2. The maximum Gasteiger partial charge on any atom is 0.244 e. The van der Waals surface area contributed by atoms with Gasteiger partial charge in [-0.1, -0.05) is 0 Å². The summed E-state index contributed by atoms with van der Waals surface area (Å²) in [6, 6.07) is -0.568. The topological polar surface area (TPSA) is 61.4 Å². The zero-order chi connectivity index (χ0) is 12.1. The van der Waals surface area contributed by atoms with Crippen LogP contribution in [0.15, 0.2) is 0 Å². The molecule has 1 aliphatic heterocycles. The fourth-order valence-electron chi connectivity index (χ4n) is 1.77. The van der Waals surface area contributed by atoms with Crippen LogP contribution in [0.25, 0.3) is 0 Å². The third kappa shape index (κ3) is 3.20. The van der Waals surface area contributed by atoms with Crippen molar-refractivity contribution in [3.05, 3.63) is 0 Å². The molecule has 0 spiro atoms. The van der Waals surface area contributed by atoms with Crippen molar-refractivity contribution in [2.75, 3.05) is 20.1 Å². The lowest BCUT2D eigenvalue weighted by molar-refractivity contribution is -0.135. The normalized spacial score (nSPS) is 21.6. The molecule has 92 valence electrons. The van der Waals surface area contributed by atoms with Gasteiger partial charge in [0, 0.05) is 13.6 Å². The molecule has 1 rings (SSSR count). The van der Waals surface area contributed by atoms with Crippen LogP contribution in [0.2, 0.25) is 0 Å². The fraction of sp³-hybridized carbons (Fsp3) is 0.818. The molecule has 0 aromatic carbocycles. The van der Waals surface area contributed by atoms with E-state index < -0.39 is 6.04 Å². The van der Waals surface area contributed by atoms with Crippen LogP contribution in [0.1, 0.15) is 26.7 Å². The van der Waals surface area contributed by atoms with Crippen molar-refractivity contribution in [2.24, 2.45) is 0 Å². The summed E-state index contributed by atoms with van der Waals surface area (Å²) >= 11 is 0. The molecular formula is C11H21N3O2. The van der Waals surface area contributed by atoms with E-state index in [0.717, 1.165) is 19.4 Å². The van der Waals surface area contributed by atoms with Crippen molar-refractivity contribution < 1.29 is 9.59 Å². The minimum atomic E-state index is -0.445. The van der Waals surface area contributed by atoms with E-state index in [1.807, 2.05) is 6.92 Å². The lowest BCUT2D eigenvalue weighted by Crippen LogP contribution is -2.50. The molecule has 0 radical (unpaired) electrons. The van der Waals surface area contributed by atoms with Crippen LogP contribution in [-0.2, 0) is 9.59 Å². The molecule has 16 heavy (non-hydrogen) atoms. The Hall–Kier alpha value is -1.10. The van der Waals surface area contributed by atoms with Crippen LogP contribution in [0.3, 0.4) is 0 Å². The van der Waals surface area contributed by atoms with Crippen molar-refractivity contribution in [1.82, 2.24) is 15.5 Å². The molecule has 1 saturated heterocycles. The molecule has 1 fully saturated rings. The Balaban J connectivity index is 2.40. The molecule has 0 saturated carbocycles. The number of amides is 2. The molecule has 0 aliphatic carbocycles. The molecule has 0 aromatic rings. The summed E-state index contributed by atoms with van der Waals surface area (Å²) in [5.41, 5.74) is 0. The van der Waals surface area contributed by atoms with Crippen molar-refractivity contribution in [3.63, 3.8) is 0 Å². The highest BCUT2D eigenvalue weighted by Gasteiger charge is 2.25. The van der Waals surface area contributed by atoms with Gasteiger partial charge >= 0.3 is 0 Å². The van der Waals surface area contributed by atoms with Gasteiger partial charge in [0.05, 0.1) is 6.04 Å².